The van der Waals surface area contributed by atoms with Crippen LogP contribution in [0.15, 0.2) is 53.7 Å². The number of pyridine rings is 1. The number of thioether (sulfide) groups is 1. The van der Waals surface area contributed by atoms with E-state index in [9.17, 15) is 14.4 Å². The average Bonchev–Trinajstić information content (AvgIpc) is 2.78. The fourth-order valence-corrected chi connectivity index (χ4v) is 5.31. The highest BCUT2D eigenvalue weighted by atomic mass is 32.2. The van der Waals surface area contributed by atoms with Gasteiger partial charge in [0.05, 0.1) is 5.56 Å². The van der Waals surface area contributed by atoms with E-state index < -0.39 is 17.2 Å². The number of piperidine rings is 1. The van der Waals surface area contributed by atoms with Crippen molar-refractivity contribution in [1.29, 1.82) is 0 Å². The minimum absolute atomic E-state index is 0.0277. The number of aromatic nitrogens is 1. The Kier molecular flexibility index (Phi) is 4.28. The van der Waals surface area contributed by atoms with Gasteiger partial charge in [0.2, 0.25) is 11.6 Å². The summed E-state index contributed by atoms with van der Waals surface area (Å²) < 4.78 is 6.43. The summed E-state index contributed by atoms with van der Waals surface area (Å²) in [5, 5.41) is 0. The normalized spacial score (nSPS) is 20.2. The van der Waals surface area contributed by atoms with Gasteiger partial charge in [0, 0.05) is 55.2 Å². The molecule has 1 fully saturated rings. The largest absolute Gasteiger partial charge is 0.484 e. The molecule has 6 nitrogen and oxygen atoms in total. The molecule has 146 valence electrons. The first-order chi connectivity index (χ1) is 14.1. The van der Waals surface area contributed by atoms with E-state index in [0.29, 0.717) is 59.0 Å². The second-order valence-corrected chi connectivity index (χ2v) is 8.46. The summed E-state index contributed by atoms with van der Waals surface area (Å²) in [6.07, 6.45) is 4.58. The Morgan fingerprint density at radius 1 is 1.03 bits per heavy atom. The Labute approximate surface area is 171 Å². The van der Waals surface area contributed by atoms with Crippen LogP contribution in [-0.2, 0) is 9.53 Å². The molecule has 1 amide bonds. The summed E-state index contributed by atoms with van der Waals surface area (Å²) >= 11 is 1.40. The molecule has 1 saturated heterocycles. The molecular formula is C22H18N2O4S. The highest BCUT2D eigenvalue weighted by Gasteiger charge is 2.46. The lowest BCUT2D eigenvalue weighted by molar-refractivity contribution is -0.111. The molecule has 2 aliphatic heterocycles. The third-order valence-electron chi connectivity index (χ3n) is 5.70. The Bertz CT molecular complexity index is 1060. The van der Waals surface area contributed by atoms with Crippen molar-refractivity contribution in [3.05, 3.63) is 70.4 Å². The van der Waals surface area contributed by atoms with Crippen LogP contribution in [0.1, 0.15) is 39.1 Å². The van der Waals surface area contributed by atoms with Gasteiger partial charge in [0.15, 0.2) is 0 Å². The van der Waals surface area contributed by atoms with E-state index in [1.807, 2.05) is 17.0 Å². The number of fused-ring (bicyclic) bond motifs is 2. The van der Waals surface area contributed by atoms with Crippen LogP contribution in [-0.4, -0.2) is 51.8 Å². The number of carbonyl (C=O) groups excluding carboxylic acids is 3. The first-order valence-electron chi connectivity index (χ1n) is 9.52. The van der Waals surface area contributed by atoms with Gasteiger partial charge in [-0.25, -0.2) is 0 Å². The van der Waals surface area contributed by atoms with E-state index in [0.717, 1.165) is 0 Å². The van der Waals surface area contributed by atoms with Crippen molar-refractivity contribution in [1.82, 2.24) is 9.88 Å². The van der Waals surface area contributed by atoms with Crippen molar-refractivity contribution in [3.8, 4) is 0 Å². The predicted octanol–water partition coefficient (Wildman–Crippen LogP) is 2.95. The third kappa shape index (κ3) is 2.97. The molecule has 1 spiro atoms. The summed E-state index contributed by atoms with van der Waals surface area (Å²) in [5.41, 5.74) is 1.23. The van der Waals surface area contributed by atoms with Gasteiger partial charge < -0.3 is 9.64 Å². The lowest BCUT2D eigenvalue weighted by Gasteiger charge is -2.45. The van der Waals surface area contributed by atoms with E-state index in [1.165, 1.54) is 11.8 Å². The lowest BCUT2D eigenvalue weighted by Crippen LogP contribution is -2.50. The van der Waals surface area contributed by atoms with Gasteiger partial charge in [-0.2, -0.15) is 0 Å². The maximum Gasteiger partial charge on any atom is 0.255 e. The van der Waals surface area contributed by atoms with Crippen LogP contribution in [0.4, 0.5) is 0 Å². The Balaban J connectivity index is 1.38. The quantitative estimate of drug-likeness (QED) is 0.678. The van der Waals surface area contributed by atoms with Gasteiger partial charge in [0.1, 0.15) is 16.3 Å². The number of nitrogens with zero attached hydrogens (tertiary/aromatic N) is 2. The maximum absolute atomic E-state index is 12.7. The fraction of sp³-hybridized carbons (Fsp3) is 0.273. The van der Waals surface area contributed by atoms with E-state index in [-0.39, 0.29) is 5.91 Å². The summed E-state index contributed by atoms with van der Waals surface area (Å²) in [4.78, 5) is 43.9. The molecule has 3 aliphatic rings. The molecule has 0 unspecified atom stereocenters. The molecule has 0 bridgehead atoms. The molecule has 7 heteroatoms. The minimum Gasteiger partial charge on any atom is -0.484 e. The highest BCUT2D eigenvalue weighted by molar-refractivity contribution is 8.04. The second kappa shape index (κ2) is 6.84. The van der Waals surface area contributed by atoms with Gasteiger partial charge >= 0.3 is 0 Å². The molecule has 1 aromatic heterocycles. The van der Waals surface area contributed by atoms with Crippen LogP contribution < -0.4 is 0 Å². The Morgan fingerprint density at radius 2 is 1.79 bits per heavy atom. The van der Waals surface area contributed by atoms with Crippen molar-refractivity contribution < 1.29 is 19.1 Å². The molecule has 1 aliphatic carbocycles. The van der Waals surface area contributed by atoms with Crippen LogP contribution in [0, 0.1) is 0 Å². The van der Waals surface area contributed by atoms with Crippen molar-refractivity contribution in [2.45, 2.75) is 18.4 Å². The number of amides is 1. The number of rotatable bonds is 1. The number of likely N-dealkylation sites (tertiary alicyclic amines) is 1. The number of Topliss-reactive ketones (excluding diaryl/α,β-unsaturated/α-hetero) is 2. The number of benzene rings is 1. The van der Waals surface area contributed by atoms with Gasteiger partial charge in [-0.1, -0.05) is 24.3 Å². The van der Waals surface area contributed by atoms with E-state index in [2.05, 4.69) is 4.98 Å². The van der Waals surface area contributed by atoms with Crippen LogP contribution in [0.3, 0.4) is 0 Å². The molecule has 5 rings (SSSR count). The second-order valence-electron chi connectivity index (χ2n) is 7.47. The molecule has 0 radical (unpaired) electrons. The number of ketones is 2. The maximum atomic E-state index is 12.7. The summed E-state index contributed by atoms with van der Waals surface area (Å²) in [5.74, 6) is 0.140. The fourth-order valence-electron chi connectivity index (χ4n) is 4.05. The van der Waals surface area contributed by atoms with Gasteiger partial charge in [-0.3, -0.25) is 19.4 Å². The highest BCUT2D eigenvalue weighted by Crippen LogP contribution is 2.47. The van der Waals surface area contributed by atoms with Crippen molar-refractivity contribution in [3.63, 3.8) is 0 Å². The summed E-state index contributed by atoms with van der Waals surface area (Å²) in [7, 11) is 0. The molecule has 0 atom stereocenters. The summed E-state index contributed by atoms with van der Waals surface area (Å²) in [6, 6.07) is 10.6. The number of hydrogen-bond acceptors (Lipinski definition) is 6. The van der Waals surface area contributed by atoms with Crippen molar-refractivity contribution in [2.24, 2.45) is 0 Å². The van der Waals surface area contributed by atoms with Gasteiger partial charge in [0.25, 0.3) is 5.91 Å². The van der Waals surface area contributed by atoms with Crippen LogP contribution in [0.2, 0.25) is 0 Å². The average molecular weight is 406 g/mol. The zero-order chi connectivity index (χ0) is 20.0. The molecule has 29 heavy (non-hydrogen) atoms. The standard InChI is InChI=1S/C22H18N2O4S/c25-17-15-5-1-2-6-16(15)19-20(18(17)26)29-13-22(28-19)7-10-24(11-8-22)21(27)14-4-3-9-23-12-14/h1-6,9,12H,7-8,10-11,13H2. The lowest BCUT2D eigenvalue weighted by atomic mass is 9.90. The molecule has 2 aromatic rings. The van der Waals surface area contributed by atoms with Crippen LogP contribution >= 0.6 is 11.8 Å². The van der Waals surface area contributed by atoms with Crippen molar-refractivity contribution >= 4 is 35.0 Å². The van der Waals surface area contributed by atoms with Crippen LogP contribution in [0.5, 0.6) is 0 Å². The third-order valence-corrected chi connectivity index (χ3v) is 7.03. The first kappa shape index (κ1) is 18.1. The summed E-state index contributed by atoms with van der Waals surface area (Å²) in [6.45, 7) is 1.15. The Hall–Kier alpha value is -2.93. The Morgan fingerprint density at radius 3 is 2.52 bits per heavy atom. The number of carbonyl (C=O) groups is 3. The monoisotopic (exact) mass is 406 g/mol. The van der Waals surface area contributed by atoms with Gasteiger partial charge in [-0.15, -0.1) is 11.8 Å². The topological polar surface area (TPSA) is 76.6 Å². The minimum atomic E-state index is -0.484. The number of ether oxygens (including phenoxy) is 1. The van der Waals surface area contributed by atoms with Gasteiger partial charge in [-0.05, 0) is 12.1 Å². The van der Waals surface area contributed by atoms with E-state index in [1.54, 1.807) is 36.7 Å². The molecule has 3 heterocycles. The molecular weight excluding hydrogens is 388 g/mol. The smallest absolute Gasteiger partial charge is 0.255 e. The molecule has 1 aromatic carbocycles. The first-order valence-corrected chi connectivity index (χ1v) is 10.5. The van der Waals surface area contributed by atoms with Crippen molar-refractivity contribution in [2.75, 3.05) is 18.8 Å². The zero-order valence-electron chi connectivity index (χ0n) is 15.6. The van der Waals surface area contributed by atoms with E-state index >= 15 is 0 Å². The SMILES string of the molecule is O=C1C(=O)c2ccccc2C2=C1SCC1(CCN(C(=O)c3cccnc3)CC1)O2. The predicted molar refractivity (Wildman–Crippen MR) is 108 cm³/mol. The number of hydrogen-bond donors (Lipinski definition) is 0. The molecule has 0 saturated carbocycles. The number of allylic oxidation sites excluding steroid dienone is 1. The zero-order valence-corrected chi connectivity index (χ0v) is 16.4. The van der Waals surface area contributed by atoms with Crippen LogP contribution in [0.25, 0.3) is 5.76 Å². The molecule has 0 N–H and O–H groups in total. The van der Waals surface area contributed by atoms with E-state index in [4.69, 9.17) is 4.74 Å².